The second-order valence-electron chi connectivity index (χ2n) is 5.99. The molecule has 6 heteroatoms. The zero-order chi connectivity index (χ0) is 14.8. The van der Waals surface area contributed by atoms with Crippen LogP contribution in [0.5, 0.6) is 0 Å². The predicted octanol–water partition coefficient (Wildman–Crippen LogP) is 1.91. The predicted molar refractivity (Wildman–Crippen MR) is 79.1 cm³/mol. The maximum absolute atomic E-state index is 12.0. The van der Waals surface area contributed by atoms with Crippen molar-refractivity contribution in [1.29, 1.82) is 0 Å². The van der Waals surface area contributed by atoms with Gasteiger partial charge in [0, 0.05) is 19.3 Å². The molecule has 1 saturated heterocycles. The van der Waals surface area contributed by atoms with E-state index in [9.17, 15) is 13.2 Å². The number of hydrogen-bond acceptors (Lipinski definition) is 3. The van der Waals surface area contributed by atoms with Gasteiger partial charge in [-0.15, -0.1) is 0 Å². The molecule has 1 N–H and O–H groups in total. The van der Waals surface area contributed by atoms with Crippen LogP contribution in [0.4, 0.5) is 4.79 Å². The minimum atomic E-state index is -2.96. The summed E-state index contributed by atoms with van der Waals surface area (Å²) < 4.78 is 22.9. The zero-order valence-electron chi connectivity index (χ0n) is 12.3. The van der Waals surface area contributed by atoms with Crippen molar-refractivity contribution in [3.05, 3.63) is 11.8 Å². The number of sulfone groups is 1. The number of carbonyl (C=O) groups excluding carboxylic acids is 1. The van der Waals surface area contributed by atoms with Crippen LogP contribution in [0, 0.1) is 5.92 Å². The Morgan fingerprint density at radius 2 is 1.90 bits per heavy atom. The molecule has 114 valence electrons. The highest BCUT2D eigenvalue weighted by Crippen LogP contribution is 2.30. The number of rotatable bonds is 3. The fraction of sp³-hybridized carbons (Fsp3) is 0.786. The van der Waals surface area contributed by atoms with E-state index >= 15 is 0 Å². The first-order valence-corrected chi connectivity index (χ1v) is 9.11. The van der Waals surface area contributed by atoms with Crippen LogP contribution in [-0.4, -0.2) is 43.9 Å². The lowest BCUT2D eigenvalue weighted by Crippen LogP contribution is -2.42. The Kier molecular flexibility index (Phi) is 4.73. The number of nitrogens with one attached hydrogen (secondary N) is 1. The summed E-state index contributed by atoms with van der Waals surface area (Å²) in [6.45, 7) is 2.05. The van der Waals surface area contributed by atoms with E-state index in [0.717, 1.165) is 0 Å². The van der Waals surface area contributed by atoms with Gasteiger partial charge in [-0.1, -0.05) is 18.4 Å². The van der Waals surface area contributed by atoms with Gasteiger partial charge in [-0.2, -0.15) is 0 Å². The smallest absolute Gasteiger partial charge is 0.321 e. The molecule has 2 fully saturated rings. The van der Waals surface area contributed by atoms with Crippen LogP contribution in [0.2, 0.25) is 0 Å². The highest BCUT2D eigenvalue weighted by molar-refractivity contribution is 7.91. The number of allylic oxidation sites excluding steroid dienone is 1. The van der Waals surface area contributed by atoms with Gasteiger partial charge >= 0.3 is 6.03 Å². The third kappa shape index (κ3) is 3.75. The van der Waals surface area contributed by atoms with E-state index in [-0.39, 0.29) is 23.6 Å². The molecule has 20 heavy (non-hydrogen) atoms. The zero-order valence-corrected chi connectivity index (χ0v) is 13.1. The van der Waals surface area contributed by atoms with E-state index in [2.05, 4.69) is 12.2 Å². The van der Waals surface area contributed by atoms with E-state index < -0.39 is 9.84 Å². The first kappa shape index (κ1) is 15.4. The van der Waals surface area contributed by atoms with E-state index in [0.29, 0.717) is 12.3 Å². The van der Waals surface area contributed by atoms with Crippen LogP contribution in [0.25, 0.3) is 0 Å². The van der Waals surface area contributed by atoms with Crippen LogP contribution >= 0.6 is 0 Å². The second-order valence-corrected chi connectivity index (χ2v) is 8.22. The molecule has 1 saturated carbocycles. The molecule has 0 radical (unpaired) electrons. The first-order valence-electron chi connectivity index (χ1n) is 7.29. The molecule has 0 bridgehead atoms. The summed E-state index contributed by atoms with van der Waals surface area (Å²) in [6.07, 6.45) is 7.27. The molecule has 5 nitrogen and oxygen atoms in total. The first-order chi connectivity index (χ1) is 9.39. The minimum absolute atomic E-state index is 0.0856. The third-order valence-electron chi connectivity index (χ3n) is 4.50. The summed E-state index contributed by atoms with van der Waals surface area (Å²) in [5.74, 6) is 0.863. The number of nitrogens with zero attached hydrogens (tertiary/aromatic N) is 1. The lowest BCUT2D eigenvalue weighted by molar-refractivity contribution is 0.199. The van der Waals surface area contributed by atoms with Gasteiger partial charge in [-0.25, -0.2) is 13.2 Å². The van der Waals surface area contributed by atoms with Crippen LogP contribution < -0.4 is 5.32 Å². The van der Waals surface area contributed by atoms with Gasteiger partial charge in [0.25, 0.3) is 0 Å². The normalized spacial score (nSPS) is 26.7. The highest BCUT2D eigenvalue weighted by atomic mass is 32.2. The average molecular weight is 300 g/mol. The quantitative estimate of drug-likeness (QED) is 0.866. The molecule has 1 aliphatic carbocycles. The molecule has 1 atom stereocenters. The van der Waals surface area contributed by atoms with Crippen LogP contribution in [0.15, 0.2) is 11.8 Å². The van der Waals surface area contributed by atoms with Gasteiger partial charge < -0.3 is 10.2 Å². The second kappa shape index (κ2) is 6.16. The maximum Gasteiger partial charge on any atom is 0.321 e. The third-order valence-corrected chi connectivity index (χ3v) is 6.25. The molecule has 0 spiro atoms. The minimum Gasteiger partial charge on any atom is -0.324 e. The Balaban J connectivity index is 1.86. The number of amides is 2. The number of carbonyl (C=O) groups is 1. The van der Waals surface area contributed by atoms with E-state index in [1.807, 2.05) is 0 Å². The number of hydrogen-bond donors (Lipinski definition) is 1. The summed E-state index contributed by atoms with van der Waals surface area (Å²) in [6, 6.07) is -0.412. The van der Waals surface area contributed by atoms with Gasteiger partial charge in [0.2, 0.25) is 0 Å². The molecule has 0 aromatic carbocycles. The molecule has 1 heterocycles. The van der Waals surface area contributed by atoms with E-state index in [1.165, 1.54) is 36.2 Å². The van der Waals surface area contributed by atoms with Crippen LogP contribution in [0.1, 0.15) is 39.0 Å². The SMILES string of the molecule is C/C(=C\NC(=O)N(C)C1CCS(=O)(=O)C1)C1CCCC1. The molecule has 2 amide bonds. The van der Waals surface area contributed by atoms with Crippen molar-refractivity contribution in [2.45, 2.75) is 45.1 Å². The van der Waals surface area contributed by atoms with E-state index in [4.69, 9.17) is 0 Å². The van der Waals surface area contributed by atoms with Gasteiger partial charge in [0.15, 0.2) is 9.84 Å². The van der Waals surface area contributed by atoms with Crippen molar-refractivity contribution in [3.8, 4) is 0 Å². The molecule has 0 aromatic rings. The topological polar surface area (TPSA) is 66.5 Å². The van der Waals surface area contributed by atoms with Crippen molar-refractivity contribution in [2.24, 2.45) is 5.92 Å². The molecule has 2 rings (SSSR count). The molecule has 2 aliphatic rings. The van der Waals surface area contributed by atoms with Crippen molar-refractivity contribution in [3.63, 3.8) is 0 Å². The summed E-state index contributed by atoms with van der Waals surface area (Å²) in [7, 11) is -1.29. The summed E-state index contributed by atoms with van der Waals surface area (Å²) >= 11 is 0. The fourth-order valence-corrected chi connectivity index (χ4v) is 4.80. The van der Waals surface area contributed by atoms with Gasteiger partial charge in [0.1, 0.15) is 0 Å². The Bertz CT molecular complexity index is 493. The molecule has 1 aliphatic heterocycles. The van der Waals surface area contributed by atoms with Crippen molar-refractivity contribution >= 4 is 15.9 Å². The van der Waals surface area contributed by atoms with Crippen molar-refractivity contribution < 1.29 is 13.2 Å². The lowest BCUT2D eigenvalue weighted by atomic mass is 10.0. The van der Waals surface area contributed by atoms with Crippen LogP contribution in [0.3, 0.4) is 0 Å². The standard InChI is InChI=1S/C14H24N2O3S/c1-11(12-5-3-4-6-12)9-15-14(17)16(2)13-7-8-20(18,19)10-13/h9,12-13H,3-8,10H2,1-2H3,(H,15,17)/b11-9+. The average Bonchev–Trinajstić information content (AvgIpc) is 3.03. The Labute approximate surface area is 121 Å². The summed E-state index contributed by atoms with van der Waals surface area (Å²) in [4.78, 5) is 13.6. The van der Waals surface area contributed by atoms with Crippen LogP contribution in [-0.2, 0) is 9.84 Å². The Morgan fingerprint density at radius 1 is 1.25 bits per heavy atom. The lowest BCUT2D eigenvalue weighted by Gasteiger charge is -2.23. The molecular formula is C14H24N2O3S. The summed E-state index contributed by atoms with van der Waals surface area (Å²) in [5, 5.41) is 2.79. The highest BCUT2D eigenvalue weighted by Gasteiger charge is 2.32. The summed E-state index contributed by atoms with van der Waals surface area (Å²) in [5.41, 5.74) is 1.21. The Morgan fingerprint density at radius 3 is 2.45 bits per heavy atom. The molecular weight excluding hydrogens is 276 g/mol. The monoisotopic (exact) mass is 300 g/mol. The maximum atomic E-state index is 12.0. The van der Waals surface area contributed by atoms with E-state index in [1.54, 1.807) is 13.2 Å². The van der Waals surface area contributed by atoms with Crippen molar-refractivity contribution in [2.75, 3.05) is 18.6 Å². The molecule has 0 aromatic heterocycles. The van der Waals surface area contributed by atoms with Crippen molar-refractivity contribution in [1.82, 2.24) is 10.2 Å². The largest absolute Gasteiger partial charge is 0.324 e. The Hall–Kier alpha value is -1.04. The fourth-order valence-electron chi connectivity index (χ4n) is 3.02. The van der Waals surface area contributed by atoms with Gasteiger partial charge in [0.05, 0.1) is 11.5 Å². The number of urea groups is 1. The van der Waals surface area contributed by atoms with Gasteiger partial charge in [-0.3, -0.25) is 0 Å². The van der Waals surface area contributed by atoms with Gasteiger partial charge in [-0.05, 0) is 32.1 Å². The molecule has 1 unspecified atom stereocenters.